The summed E-state index contributed by atoms with van der Waals surface area (Å²) >= 11 is 0. The molecule has 0 amide bonds. The van der Waals surface area contributed by atoms with E-state index >= 15 is 0 Å². The number of unbranched alkanes of at least 4 members (excludes halogenated alkanes) is 4. The zero-order valence-electron chi connectivity index (χ0n) is 19.0. The summed E-state index contributed by atoms with van der Waals surface area (Å²) in [5, 5.41) is 0. The first kappa shape index (κ1) is 22.7. The molecule has 1 aromatic carbocycles. The van der Waals surface area contributed by atoms with E-state index in [1.54, 1.807) is 0 Å². The molecular weight excluding hydrogens is 372 g/mol. The van der Waals surface area contributed by atoms with Crippen molar-refractivity contribution in [1.29, 1.82) is 0 Å². The van der Waals surface area contributed by atoms with Crippen molar-refractivity contribution in [3.05, 3.63) is 47.8 Å². The highest BCUT2D eigenvalue weighted by Crippen LogP contribution is 2.37. The van der Waals surface area contributed by atoms with E-state index in [9.17, 15) is 4.79 Å². The van der Waals surface area contributed by atoms with Crippen molar-refractivity contribution in [2.45, 2.75) is 77.0 Å². The molecule has 4 heteroatoms. The largest absolute Gasteiger partial charge is 0.460 e. The fourth-order valence-electron chi connectivity index (χ4n) is 4.79. The van der Waals surface area contributed by atoms with Crippen LogP contribution in [0.25, 0.3) is 0 Å². The van der Waals surface area contributed by atoms with E-state index in [1.807, 2.05) is 31.6 Å². The standard InChI is InChI=1S/C26H40N2O2/c1-3-4-5-6-7-8-22-9-11-23(12-10-22)24-13-15-25(16-14-24)26(29)30-20-19-28-18-17-27(2)21-28/h13-18,22-23H,3-12,19-21H2,1-2H3. The van der Waals surface area contributed by atoms with Crippen LogP contribution in [0.1, 0.15) is 93.0 Å². The van der Waals surface area contributed by atoms with Gasteiger partial charge in [-0.05, 0) is 55.2 Å². The molecule has 1 aliphatic carbocycles. The Morgan fingerprint density at radius 3 is 2.40 bits per heavy atom. The van der Waals surface area contributed by atoms with E-state index in [-0.39, 0.29) is 5.97 Å². The van der Waals surface area contributed by atoms with Gasteiger partial charge >= 0.3 is 5.97 Å². The zero-order valence-corrected chi connectivity index (χ0v) is 19.0. The molecular formula is C26H40N2O2. The Labute approximate surface area is 183 Å². The number of carbonyl (C=O) groups excluding carboxylic acids is 1. The zero-order chi connectivity index (χ0) is 21.2. The molecule has 1 aliphatic heterocycles. The summed E-state index contributed by atoms with van der Waals surface area (Å²) in [7, 11) is 2.03. The Kier molecular flexibility index (Phi) is 9.10. The molecule has 0 atom stereocenters. The fraction of sp³-hybridized carbons (Fsp3) is 0.654. The fourth-order valence-corrected chi connectivity index (χ4v) is 4.79. The van der Waals surface area contributed by atoms with Crippen LogP contribution in [-0.2, 0) is 4.74 Å². The van der Waals surface area contributed by atoms with Gasteiger partial charge in [0, 0.05) is 19.4 Å². The second-order valence-corrected chi connectivity index (χ2v) is 9.19. The van der Waals surface area contributed by atoms with Crippen LogP contribution in [0.3, 0.4) is 0 Å². The van der Waals surface area contributed by atoms with Gasteiger partial charge in [0.25, 0.3) is 0 Å². The molecule has 1 fully saturated rings. The summed E-state index contributed by atoms with van der Waals surface area (Å²) in [6.07, 6.45) is 17.8. The molecule has 1 saturated carbocycles. The van der Waals surface area contributed by atoms with E-state index in [0.717, 1.165) is 19.1 Å². The Bertz CT molecular complexity index is 662. The third-order valence-corrected chi connectivity index (χ3v) is 6.73. The summed E-state index contributed by atoms with van der Waals surface area (Å²) in [6.45, 7) is 4.28. The number of nitrogens with zero attached hydrogens (tertiary/aromatic N) is 2. The third kappa shape index (κ3) is 7.07. The topological polar surface area (TPSA) is 32.8 Å². The average Bonchev–Trinajstić information content (AvgIpc) is 3.19. The lowest BCUT2D eigenvalue weighted by Crippen LogP contribution is -2.26. The van der Waals surface area contributed by atoms with Crippen molar-refractivity contribution in [1.82, 2.24) is 9.80 Å². The number of carbonyl (C=O) groups is 1. The van der Waals surface area contributed by atoms with Crippen molar-refractivity contribution in [2.24, 2.45) is 5.92 Å². The SMILES string of the molecule is CCCCCCCC1CCC(c2ccc(C(=O)OCCN3C=CN(C)C3)cc2)CC1. The van der Waals surface area contributed by atoms with E-state index in [0.29, 0.717) is 18.1 Å². The predicted molar refractivity (Wildman–Crippen MR) is 123 cm³/mol. The number of benzene rings is 1. The summed E-state index contributed by atoms with van der Waals surface area (Å²) in [6, 6.07) is 8.18. The number of ether oxygens (including phenoxy) is 1. The van der Waals surface area contributed by atoms with Gasteiger partial charge in [-0.15, -0.1) is 0 Å². The van der Waals surface area contributed by atoms with E-state index in [4.69, 9.17) is 4.74 Å². The minimum atomic E-state index is -0.218. The molecule has 0 N–H and O–H groups in total. The number of esters is 1. The maximum atomic E-state index is 12.3. The van der Waals surface area contributed by atoms with Gasteiger partial charge in [0.05, 0.1) is 18.8 Å². The van der Waals surface area contributed by atoms with Gasteiger partial charge in [-0.3, -0.25) is 0 Å². The molecule has 0 saturated heterocycles. The first-order valence-electron chi connectivity index (χ1n) is 12.1. The quantitative estimate of drug-likeness (QED) is 0.322. The number of hydrogen-bond acceptors (Lipinski definition) is 4. The molecule has 0 unspecified atom stereocenters. The highest BCUT2D eigenvalue weighted by atomic mass is 16.5. The highest BCUT2D eigenvalue weighted by Gasteiger charge is 2.22. The van der Waals surface area contributed by atoms with Crippen LogP contribution in [-0.4, -0.2) is 42.6 Å². The summed E-state index contributed by atoms with van der Waals surface area (Å²) < 4.78 is 5.45. The Morgan fingerprint density at radius 2 is 1.73 bits per heavy atom. The molecule has 1 heterocycles. The molecule has 0 radical (unpaired) electrons. The minimum absolute atomic E-state index is 0.218. The second-order valence-electron chi connectivity index (χ2n) is 9.19. The molecule has 2 aliphatic rings. The molecule has 30 heavy (non-hydrogen) atoms. The average molecular weight is 413 g/mol. The van der Waals surface area contributed by atoms with Crippen molar-refractivity contribution in [3.8, 4) is 0 Å². The van der Waals surface area contributed by atoms with Gasteiger partial charge in [0.2, 0.25) is 0 Å². The van der Waals surface area contributed by atoms with Crippen LogP contribution in [0.4, 0.5) is 0 Å². The van der Waals surface area contributed by atoms with Gasteiger partial charge in [0.1, 0.15) is 6.61 Å². The predicted octanol–water partition coefficient (Wildman–Crippen LogP) is 6.15. The Balaban J connectivity index is 1.35. The minimum Gasteiger partial charge on any atom is -0.460 e. The lowest BCUT2D eigenvalue weighted by atomic mass is 9.77. The Morgan fingerprint density at radius 1 is 1.00 bits per heavy atom. The van der Waals surface area contributed by atoms with Gasteiger partial charge in [-0.25, -0.2) is 4.79 Å². The van der Waals surface area contributed by atoms with E-state index in [2.05, 4.69) is 28.9 Å². The first-order valence-corrected chi connectivity index (χ1v) is 12.1. The van der Waals surface area contributed by atoms with E-state index in [1.165, 1.54) is 69.8 Å². The highest BCUT2D eigenvalue weighted by molar-refractivity contribution is 5.89. The maximum Gasteiger partial charge on any atom is 0.338 e. The number of hydrogen-bond donors (Lipinski definition) is 0. The third-order valence-electron chi connectivity index (χ3n) is 6.73. The lowest BCUT2D eigenvalue weighted by Gasteiger charge is -2.29. The normalized spacial score (nSPS) is 21.3. The van der Waals surface area contributed by atoms with Crippen molar-refractivity contribution in [3.63, 3.8) is 0 Å². The molecule has 166 valence electrons. The van der Waals surface area contributed by atoms with Crippen LogP contribution >= 0.6 is 0 Å². The van der Waals surface area contributed by atoms with Gasteiger partial charge < -0.3 is 14.5 Å². The van der Waals surface area contributed by atoms with Crippen LogP contribution in [0.2, 0.25) is 0 Å². The second kappa shape index (κ2) is 12.0. The summed E-state index contributed by atoms with van der Waals surface area (Å²) in [5.41, 5.74) is 2.05. The van der Waals surface area contributed by atoms with Gasteiger partial charge in [0.15, 0.2) is 0 Å². The lowest BCUT2D eigenvalue weighted by molar-refractivity contribution is 0.0476. The smallest absolute Gasteiger partial charge is 0.338 e. The monoisotopic (exact) mass is 412 g/mol. The van der Waals surface area contributed by atoms with Crippen molar-refractivity contribution < 1.29 is 9.53 Å². The first-order chi connectivity index (χ1) is 14.7. The maximum absolute atomic E-state index is 12.3. The molecule has 0 aromatic heterocycles. The summed E-state index contributed by atoms with van der Waals surface area (Å²) in [4.78, 5) is 16.5. The van der Waals surface area contributed by atoms with Crippen LogP contribution in [0.5, 0.6) is 0 Å². The van der Waals surface area contributed by atoms with Gasteiger partial charge in [-0.2, -0.15) is 0 Å². The molecule has 0 spiro atoms. The Hall–Kier alpha value is -1.97. The number of rotatable bonds is 11. The van der Waals surface area contributed by atoms with Crippen molar-refractivity contribution in [2.75, 3.05) is 26.9 Å². The summed E-state index contributed by atoms with van der Waals surface area (Å²) in [5.74, 6) is 1.37. The van der Waals surface area contributed by atoms with Crippen LogP contribution in [0.15, 0.2) is 36.7 Å². The van der Waals surface area contributed by atoms with Gasteiger partial charge in [-0.1, -0.05) is 57.6 Å². The van der Waals surface area contributed by atoms with Crippen LogP contribution in [0, 0.1) is 5.92 Å². The molecule has 0 bridgehead atoms. The van der Waals surface area contributed by atoms with Crippen LogP contribution < -0.4 is 0 Å². The molecule has 4 nitrogen and oxygen atoms in total. The molecule has 3 rings (SSSR count). The van der Waals surface area contributed by atoms with Crippen molar-refractivity contribution >= 4 is 5.97 Å². The van der Waals surface area contributed by atoms with E-state index < -0.39 is 0 Å². The molecule has 1 aromatic rings.